The van der Waals surface area contributed by atoms with Gasteiger partial charge < -0.3 is 19.1 Å². The third-order valence-corrected chi connectivity index (χ3v) is 4.95. The number of hydrogen-bond acceptors (Lipinski definition) is 6. The second-order valence-corrected chi connectivity index (χ2v) is 6.83. The molecule has 1 amide bonds. The molecule has 1 fully saturated rings. The van der Waals surface area contributed by atoms with Crippen LogP contribution in [-0.4, -0.2) is 60.8 Å². The van der Waals surface area contributed by atoms with Gasteiger partial charge in [-0.25, -0.2) is 4.98 Å². The van der Waals surface area contributed by atoms with Gasteiger partial charge >= 0.3 is 0 Å². The molecule has 1 aromatic carbocycles. The van der Waals surface area contributed by atoms with E-state index in [1.165, 1.54) is 0 Å². The molecule has 2 aliphatic rings. The number of carbonyl (C=O) groups is 1. The van der Waals surface area contributed by atoms with Gasteiger partial charge in [0.15, 0.2) is 11.5 Å². The number of fused-ring (bicyclic) bond motifs is 1. The molecule has 0 spiro atoms. The standard InChI is InChI=1S/C20H23N3O4/c1-25-18-4-2-3-15-9-14(13-27-19(15)18)10-16-11-21-12-17(22-16)20(24)23-5-7-26-8-6-23/h2-4,11-12,14H,5-10,13H2,1H3. The number of benzene rings is 1. The van der Waals surface area contributed by atoms with Crippen LogP contribution in [0.1, 0.15) is 21.7 Å². The van der Waals surface area contributed by atoms with Crippen molar-refractivity contribution in [2.45, 2.75) is 12.8 Å². The predicted octanol–water partition coefficient (Wildman–Crippen LogP) is 1.75. The molecule has 7 heteroatoms. The number of para-hydroxylation sites is 1. The van der Waals surface area contributed by atoms with Crippen LogP contribution in [0.4, 0.5) is 0 Å². The van der Waals surface area contributed by atoms with E-state index in [2.05, 4.69) is 16.0 Å². The lowest BCUT2D eigenvalue weighted by atomic mass is 9.92. The van der Waals surface area contributed by atoms with Crippen molar-refractivity contribution in [3.8, 4) is 11.5 Å². The van der Waals surface area contributed by atoms with Crippen molar-refractivity contribution in [3.05, 3.63) is 47.5 Å². The number of nitrogens with zero attached hydrogens (tertiary/aromatic N) is 3. The largest absolute Gasteiger partial charge is 0.493 e. The maximum Gasteiger partial charge on any atom is 0.274 e. The first kappa shape index (κ1) is 17.7. The second kappa shape index (κ2) is 7.92. The van der Waals surface area contributed by atoms with Crippen LogP contribution in [0, 0.1) is 5.92 Å². The SMILES string of the molecule is COc1cccc2c1OCC(Cc1cncc(C(=O)N3CCOCC3)n1)C2. The number of aromatic nitrogens is 2. The summed E-state index contributed by atoms with van der Waals surface area (Å²) in [5.41, 5.74) is 2.35. The van der Waals surface area contributed by atoms with E-state index in [1.54, 1.807) is 24.4 Å². The zero-order valence-electron chi connectivity index (χ0n) is 15.4. The van der Waals surface area contributed by atoms with Crippen molar-refractivity contribution in [1.29, 1.82) is 0 Å². The van der Waals surface area contributed by atoms with E-state index in [1.807, 2.05) is 12.1 Å². The molecule has 3 heterocycles. The summed E-state index contributed by atoms with van der Waals surface area (Å²) >= 11 is 0. The van der Waals surface area contributed by atoms with E-state index < -0.39 is 0 Å². The van der Waals surface area contributed by atoms with Gasteiger partial charge in [-0.3, -0.25) is 9.78 Å². The fourth-order valence-electron chi connectivity index (χ4n) is 3.58. The normalized spacial score (nSPS) is 19.1. The molecular formula is C20H23N3O4. The quantitative estimate of drug-likeness (QED) is 0.818. The molecule has 4 rings (SSSR count). The van der Waals surface area contributed by atoms with Crippen LogP contribution in [0.2, 0.25) is 0 Å². The van der Waals surface area contributed by atoms with E-state index in [0.29, 0.717) is 45.0 Å². The van der Waals surface area contributed by atoms with Gasteiger partial charge in [0.05, 0.1) is 38.8 Å². The molecule has 7 nitrogen and oxygen atoms in total. The molecule has 142 valence electrons. The van der Waals surface area contributed by atoms with Crippen molar-refractivity contribution in [2.75, 3.05) is 40.0 Å². The molecule has 1 atom stereocenters. The monoisotopic (exact) mass is 369 g/mol. The molecule has 0 saturated carbocycles. The van der Waals surface area contributed by atoms with E-state index in [0.717, 1.165) is 29.2 Å². The molecule has 1 unspecified atom stereocenters. The minimum absolute atomic E-state index is 0.0809. The van der Waals surface area contributed by atoms with Gasteiger partial charge in [-0.1, -0.05) is 12.1 Å². The lowest BCUT2D eigenvalue weighted by Gasteiger charge is -2.27. The maximum absolute atomic E-state index is 12.6. The summed E-state index contributed by atoms with van der Waals surface area (Å²) in [5, 5.41) is 0. The highest BCUT2D eigenvalue weighted by Gasteiger charge is 2.24. The number of morpholine rings is 1. The van der Waals surface area contributed by atoms with E-state index in [4.69, 9.17) is 14.2 Å². The minimum Gasteiger partial charge on any atom is -0.493 e. The fourth-order valence-corrected chi connectivity index (χ4v) is 3.58. The van der Waals surface area contributed by atoms with Crippen LogP contribution in [0.25, 0.3) is 0 Å². The van der Waals surface area contributed by atoms with Gasteiger partial charge in [0.1, 0.15) is 5.69 Å². The van der Waals surface area contributed by atoms with Gasteiger partial charge in [0, 0.05) is 25.2 Å². The third-order valence-electron chi connectivity index (χ3n) is 4.95. The molecule has 1 aromatic heterocycles. The first-order chi connectivity index (χ1) is 13.2. The van der Waals surface area contributed by atoms with Crippen molar-refractivity contribution in [1.82, 2.24) is 14.9 Å². The highest BCUT2D eigenvalue weighted by atomic mass is 16.5. The Kier molecular flexibility index (Phi) is 5.20. The Labute approximate surface area is 158 Å². The molecule has 0 N–H and O–H groups in total. The van der Waals surface area contributed by atoms with E-state index >= 15 is 0 Å². The summed E-state index contributed by atoms with van der Waals surface area (Å²) in [6.45, 7) is 2.93. The number of ether oxygens (including phenoxy) is 3. The van der Waals surface area contributed by atoms with Crippen LogP contribution >= 0.6 is 0 Å². The Morgan fingerprint density at radius 3 is 2.96 bits per heavy atom. The Morgan fingerprint density at radius 2 is 2.15 bits per heavy atom. The van der Waals surface area contributed by atoms with Crippen molar-refractivity contribution in [3.63, 3.8) is 0 Å². The highest BCUT2D eigenvalue weighted by molar-refractivity contribution is 5.92. The summed E-state index contributed by atoms with van der Waals surface area (Å²) in [7, 11) is 1.65. The minimum atomic E-state index is -0.0809. The first-order valence-electron chi connectivity index (χ1n) is 9.21. The molecule has 0 aliphatic carbocycles. The lowest BCUT2D eigenvalue weighted by molar-refractivity contribution is 0.0298. The lowest BCUT2D eigenvalue weighted by Crippen LogP contribution is -2.41. The number of methoxy groups -OCH3 is 1. The molecule has 27 heavy (non-hydrogen) atoms. The van der Waals surface area contributed by atoms with Crippen LogP contribution in [0.3, 0.4) is 0 Å². The summed E-state index contributed by atoms with van der Waals surface area (Å²) in [4.78, 5) is 23.2. The van der Waals surface area contributed by atoms with Crippen molar-refractivity contribution < 1.29 is 19.0 Å². The molecular weight excluding hydrogens is 346 g/mol. The first-order valence-corrected chi connectivity index (χ1v) is 9.21. The van der Waals surface area contributed by atoms with Crippen LogP contribution in [0.15, 0.2) is 30.6 Å². The Bertz CT molecular complexity index is 821. The smallest absolute Gasteiger partial charge is 0.274 e. The molecule has 0 radical (unpaired) electrons. The average Bonchev–Trinajstić information content (AvgIpc) is 2.73. The van der Waals surface area contributed by atoms with E-state index in [-0.39, 0.29) is 11.8 Å². The van der Waals surface area contributed by atoms with Crippen LogP contribution in [0.5, 0.6) is 11.5 Å². The Hall–Kier alpha value is -2.67. The van der Waals surface area contributed by atoms with Gasteiger partial charge in [-0.2, -0.15) is 0 Å². The van der Waals surface area contributed by atoms with Crippen LogP contribution in [-0.2, 0) is 17.6 Å². The molecule has 2 aliphatic heterocycles. The summed E-state index contributed by atoms with van der Waals surface area (Å²) in [6, 6.07) is 5.95. The number of hydrogen-bond donors (Lipinski definition) is 0. The molecule has 0 bridgehead atoms. The predicted molar refractivity (Wildman–Crippen MR) is 98.1 cm³/mol. The Morgan fingerprint density at radius 1 is 1.30 bits per heavy atom. The molecule has 1 saturated heterocycles. The second-order valence-electron chi connectivity index (χ2n) is 6.83. The van der Waals surface area contributed by atoms with Crippen molar-refractivity contribution in [2.24, 2.45) is 5.92 Å². The van der Waals surface area contributed by atoms with Gasteiger partial charge in [0.25, 0.3) is 5.91 Å². The van der Waals surface area contributed by atoms with Gasteiger partial charge in [-0.15, -0.1) is 0 Å². The van der Waals surface area contributed by atoms with E-state index in [9.17, 15) is 4.79 Å². The number of rotatable bonds is 4. The van der Waals surface area contributed by atoms with Crippen molar-refractivity contribution >= 4 is 5.91 Å². The van der Waals surface area contributed by atoms with Gasteiger partial charge in [0.2, 0.25) is 0 Å². The summed E-state index contributed by atoms with van der Waals surface area (Å²) in [6.07, 6.45) is 4.87. The Balaban J connectivity index is 1.45. The summed E-state index contributed by atoms with van der Waals surface area (Å²) < 4.78 is 16.6. The summed E-state index contributed by atoms with van der Waals surface area (Å²) in [5.74, 6) is 1.80. The topological polar surface area (TPSA) is 73.8 Å². The fraction of sp³-hybridized carbons (Fsp3) is 0.450. The number of amides is 1. The zero-order valence-corrected chi connectivity index (χ0v) is 15.4. The highest BCUT2D eigenvalue weighted by Crippen LogP contribution is 2.36. The van der Waals surface area contributed by atoms with Crippen LogP contribution < -0.4 is 9.47 Å². The third kappa shape index (κ3) is 3.88. The molecule has 2 aromatic rings. The average molecular weight is 369 g/mol. The maximum atomic E-state index is 12.6. The zero-order chi connectivity index (χ0) is 18.6. The van der Waals surface area contributed by atoms with Gasteiger partial charge in [-0.05, 0) is 24.5 Å². The number of carbonyl (C=O) groups excluding carboxylic acids is 1.